The number of carboxylic acid groups (broad SMARTS) is 1. The summed E-state index contributed by atoms with van der Waals surface area (Å²) in [5.41, 5.74) is -2.77. The maximum absolute atomic E-state index is 12.9. The summed E-state index contributed by atoms with van der Waals surface area (Å²) >= 11 is 0. The molecule has 1 aliphatic rings. The van der Waals surface area contributed by atoms with Gasteiger partial charge in [-0.05, 0) is 13.3 Å². The van der Waals surface area contributed by atoms with Crippen molar-refractivity contribution >= 4 is 11.9 Å². The molecule has 0 aromatic carbocycles. The lowest BCUT2D eigenvalue weighted by Gasteiger charge is -2.29. The Morgan fingerprint density at radius 1 is 1.44 bits per heavy atom. The molecule has 8 heteroatoms. The second-order valence-electron chi connectivity index (χ2n) is 4.40. The average molecular weight is 268 g/mol. The fourth-order valence-corrected chi connectivity index (χ4v) is 2.07. The van der Waals surface area contributed by atoms with Crippen LogP contribution < -0.4 is 5.32 Å². The van der Waals surface area contributed by atoms with Crippen LogP contribution in [0.25, 0.3) is 0 Å². The van der Waals surface area contributed by atoms with Crippen molar-refractivity contribution in [3.8, 4) is 0 Å². The molecule has 5 nitrogen and oxygen atoms in total. The number of alkyl halides is 3. The average Bonchev–Trinajstić information content (AvgIpc) is 2.72. The molecule has 0 spiro atoms. The zero-order valence-electron chi connectivity index (χ0n) is 10.0. The van der Waals surface area contributed by atoms with E-state index in [9.17, 15) is 22.8 Å². The number of hydrogen-bond acceptors (Lipinski definition) is 3. The number of hydrogen-bond donors (Lipinski definition) is 2. The van der Waals surface area contributed by atoms with E-state index in [0.717, 1.165) is 0 Å². The number of carboxylic acids is 1. The van der Waals surface area contributed by atoms with Crippen LogP contribution in [0.5, 0.6) is 0 Å². The van der Waals surface area contributed by atoms with Gasteiger partial charge < -0.3 is 10.4 Å². The zero-order chi connectivity index (χ0) is 14.1. The molecule has 0 saturated carbocycles. The van der Waals surface area contributed by atoms with Gasteiger partial charge >= 0.3 is 12.1 Å². The van der Waals surface area contributed by atoms with Gasteiger partial charge in [0.2, 0.25) is 5.91 Å². The summed E-state index contributed by atoms with van der Waals surface area (Å²) in [6.45, 7) is 0.688. The summed E-state index contributed by atoms with van der Waals surface area (Å²) in [4.78, 5) is 23.5. The second-order valence-corrected chi connectivity index (χ2v) is 4.40. The Morgan fingerprint density at radius 2 is 2.00 bits per heavy atom. The first-order chi connectivity index (χ1) is 8.15. The topological polar surface area (TPSA) is 69.6 Å². The predicted molar refractivity (Wildman–Crippen MR) is 55.8 cm³/mol. The molecule has 1 saturated heterocycles. The number of amides is 1. The number of carbonyl (C=O) groups excluding carboxylic acids is 1. The van der Waals surface area contributed by atoms with Crippen molar-refractivity contribution in [2.45, 2.75) is 25.6 Å². The Morgan fingerprint density at radius 3 is 2.33 bits per heavy atom. The minimum atomic E-state index is -4.82. The third-order valence-corrected chi connectivity index (χ3v) is 3.42. The van der Waals surface area contributed by atoms with Gasteiger partial charge in [0, 0.05) is 20.1 Å². The fourth-order valence-electron chi connectivity index (χ4n) is 2.07. The van der Waals surface area contributed by atoms with Gasteiger partial charge in [0.05, 0.1) is 6.04 Å². The third kappa shape index (κ3) is 2.29. The third-order valence-electron chi connectivity index (χ3n) is 3.42. The van der Waals surface area contributed by atoms with E-state index in [4.69, 9.17) is 5.11 Å². The lowest BCUT2D eigenvalue weighted by molar-refractivity contribution is -0.227. The molecule has 18 heavy (non-hydrogen) atoms. The van der Waals surface area contributed by atoms with Crippen molar-refractivity contribution in [3.63, 3.8) is 0 Å². The molecule has 1 aliphatic heterocycles. The van der Waals surface area contributed by atoms with Gasteiger partial charge in [-0.3, -0.25) is 14.5 Å². The van der Waals surface area contributed by atoms with Gasteiger partial charge in [0.1, 0.15) is 0 Å². The van der Waals surface area contributed by atoms with E-state index >= 15 is 0 Å². The van der Waals surface area contributed by atoms with E-state index < -0.39 is 42.5 Å². The van der Waals surface area contributed by atoms with Crippen LogP contribution in [0.3, 0.4) is 0 Å². The number of nitrogens with zero attached hydrogens (tertiary/aromatic N) is 1. The van der Waals surface area contributed by atoms with Gasteiger partial charge in [-0.15, -0.1) is 0 Å². The monoisotopic (exact) mass is 268 g/mol. The Kier molecular flexibility index (Phi) is 3.89. The number of likely N-dealkylation sites (N-methyl/N-ethyl adjacent to an activating group) is 1. The molecule has 0 aliphatic carbocycles. The Labute approximate surface area is 102 Å². The predicted octanol–water partition coefficient (Wildman–Crippen LogP) is 0.460. The van der Waals surface area contributed by atoms with Gasteiger partial charge in [-0.2, -0.15) is 13.2 Å². The molecule has 0 aromatic heterocycles. The molecule has 1 fully saturated rings. The zero-order valence-corrected chi connectivity index (χ0v) is 10.0. The second kappa shape index (κ2) is 4.75. The van der Waals surface area contributed by atoms with Crippen molar-refractivity contribution in [1.82, 2.24) is 10.2 Å². The van der Waals surface area contributed by atoms with Crippen LogP contribution in [0, 0.1) is 5.41 Å². The van der Waals surface area contributed by atoms with Gasteiger partial charge in [-0.25, -0.2) is 0 Å². The summed E-state index contributed by atoms with van der Waals surface area (Å²) in [5, 5.41) is 11.2. The molecular weight excluding hydrogens is 253 g/mol. The molecule has 1 amide bonds. The lowest BCUT2D eigenvalue weighted by atomic mass is 9.86. The molecule has 1 heterocycles. The minimum absolute atomic E-state index is 0.0691. The molecule has 0 bridgehead atoms. The standard InChI is InChI=1S/C10H15F3N2O3/c1-6(7(16)14-2)15-4-3-9(5-15,8(17)18)10(11,12)13/h6H,3-5H2,1-2H3,(H,14,16)(H,17,18). The highest BCUT2D eigenvalue weighted by atomic mass is 19.4. The Balaban J connectivity index is 2.92. The summed E-state index contributed by atoms with van der Waals surface area (Å²) in [6.07, 6.45) is -5.36. The van der Waals surface area contributed by atoms with E-state index in [0.29, 0.717) is 0 Å². The summed E-state index contributed by atoms with van der Waals surface area (Å²) in [7, 11) is 1.38. The summed E-state index contributed by atoms with van der Waals surface area (Å²) in [5.74, 6) is -2.32. The van der Waals surface area contributed by atoms with Crippen molar-refractivity contribution in [1.29, 1.82) is 0 Å². The highest BCUT2D eigenvalue weighted by Crippen LogP contribution is 2.46. The van der Waals surface area contributed by atoms with Crippen LogP contribution >= 0.6 is 0 Å². The lowest BCUT2D eigenvalue weighted by Crippen LogP contribution is -2.50. The largest absolute Gasteiger partial charge is 0.481 e. The number of likely N-dealkylation sites (tertiary alicyclic amines) is 1. The van der Waals surface area contributed by atoms with Crippen LogP contribution in [0.4, 0.5) is 13.2 Å². The molecule has 1 rings (SSSR count). The first kappa shape index (κ1) is 14.7. The maximum Gasteiger partial charge on any atom is 0.406 e. The van der Waals surface area contributed by atoms with E-state index in [1.165, 1.54) is 18.9 Å². The van der Waals surface area contributed by atoms with Gasteiger partial charge in [-0.1, -0.05) is 0 Å². The number of rotatable bonds is 3. The quantitative estimate of drug-likeness (QED) is 0.780. The normalized spacial score (nSPS) is 26.9. The summed E-state index contributed by atoms with van der Waals surface area (Å²) in [6, 6.07) is -0.779. The van der Waals surface area contributed by atoms with E-state index in [-0.39, 0.29) is 6.54 Å². The highest BCUT2D eigenvalue weighted by Gasteiger charge is 2.64. The number of carbonyl (C=O) groups is 2. The number of halogens is 3. The van der Waals surface area contributed by atoms with Gasteiger partial charge in [0.15, 0.2) is 5.41 Å². The molecule has 2 atom stereocenters. The molecular formula is C10H15F3N2O3. The first-order valence-corrected chi connectivity index (χ1v) is 5.41. The molecule has 0 radical (unpaired) electrons. The van der Waals surface area contributed by atoms with E-state index in [1.807, 2.05) is 0 Å². The van der Waals surface area contributed by atoms with E-state index in [1.54, 1.807) is 0 Å². The van der Waals surface area contributed by atoms with Gasteiger partial charge in [0.25, 0.3) is 0 Å². The highest BCUT2D eigenvalue weighted by molar-refractivity contribution is 5.81. The summed E-state index contributed by atoms with van der Waals surface area (Å²) < 4.78 is 38.6. The Hall–Kier alpha value is -1.31. The van der Waals surface area contributed by atoms with E-state index in [2.05, 4.69) is 5.32 Å². The van der Waals surface area contributed by atoms with Crippen LogP contribution in [0.2, 0.25) is 0 Å². The Bertz CT molecular complexity index is 359. The van der Waals surface area contributed by atoms with Crippen LogP contribution in [-0.4, -0.2) is 54.2 Å². The fraction of sp³-hybridized carbons (Fsp3) is 0.800. The first-order valence-electron chi connectivity index (χ1n) is 5.41. The maximum atomic E-state index is 12.9. The minimum Gasteiger partial charge on any atom is -0.481 e. The van der Waals surface area contributed by atoms with Crippen LogP contribution in [0.15, 0.2) is 0 Å². The SMILES string of the molecule is CNC(=O)C(C)N1CCC(C(=O)O)(C(F)(F)F)C1. The van der Waals surface area contributed by atoms with Crippen LogP contribution in [-0.2, 0) is 9.59 Å². The molecule has 0 aromatic rings. The molecule has 2 unspecified atom stereocenters. The van der Waals surface area contributed by atoms with Crippen molar-refractivity contribution in [3.05, 3.63) is 0 Å². The van der Waals surface area contributed by atoms with Crippen molar-refractivity contribution < 1.29 is 27.9 Å². The number of aliphatic carboxylic acids is 1. The smallest absolute Gasteiger partial charge is 0.406 e. The van der Waals surface area contributed by atoms with Crippen molar-refractivity contribution in [2.75, 3.05) is 20.1 Å². The number of nitrogens with one attached hydrogen (secondary N) is 1. The molecule has 104 valence electrons. The molecule has 2 N–H and O–H groups in total. The van der Waals surface area contributed by atoms with Crippen LogP contribution in [0.1, 0.15) is 13.3 Å². The van der Waals surface area contributed by atoms with Crippen molar-refractivity contribution in [2.24, 2.45) is 5.41 Å².